The van der Waals surface area contributed by atoms with Crippen molar-refractivity contribution in [3.05, 3.63) is 71.8 Å². The molecule has 0 saturated carbocycles. The van der Waals surface area contributed by atoms with Crippen LogP contribution in [0, 0.1) is 0 Å². The van der Waals surface area contributed by atoms with Crippen molar-refractivity contribution in [2.24, 2.45) is 0 Å². The summed E-state index contributed by atoms with van der Waals surface area (Å²) >= 11 is 0. The van der Waals surface area contributed by atoms with E-state index in [4.69, 9.17) is 0 Å². The SMILES string of the molecule is CN1CCN(NC(=O)C(C(=O)NN2CCN(C)CC2)(c2ccccc2)c2ccccc2)CC1. The van der Waals surface area contributed by atoms with Crippen LogP contribution >= 0.6 is 0 Å². The molecule has 2 fully saturated rings. The Morgan fingerprint density at radius 1 is 0.606 bits per heavy atom. The summed E-state index contributed by atoms with van der Waals surface area (Å²) in [5.41, 5.74) is 5.94. The van der Waals surface area contributed by atoms with Crippen LogP contribution in [0.25, 0.3) is 0 Å². The highest BCUT2D eigenvalue weighted by atomic mass is 16.2. The monoisotopic (exact) mass is 450 g/mol. The van der Waals surface area contributed by atoms with Crippen molar-refractivity contribution in [3.8, 4) is 0 Å². The van der Waals surface area contributed by atoms with Crippen LogP contribution in [0.2, 0.25) is 0 Å². The van der Waals surface area contributed by atoms with E-state index in [1.165, 1.54) is 0 Å². The van der Waals surface area contributed by atoms with Gasteiger partial charge in [0, 0.05) is 52.4 Å². The summed E-state index contributed by atoms with van der Waals surface area (Å²) in [6, 6.07) is 18.7. The van der Waals surface area contributed by atoms with Gasteiger partial charge in [-0.2, -0.15) is 0 Å². The molecule has 2 aromatic carbocycles. The number of carbonyl (C=O) groups excluding carboxylic acids is 2. The highest BCUT2D eigenvalue weighted by molar-refractivity contribution is 6.14. The van der Waals surface area contributed by atoms with Crippen molar-refractivity contribution < 1.29 is 9.59 Å². The van der Waals surface area contributed by atoms with Crippen molar-refractivity contribution in [2.75, 3.05) is 66.5 Å². The van der Waals surface area contributed by atoms with Gasteiger partial charge >= 0.3 is 0 Å². The molecular weight excluding hydrogens is 416 g/mol. The van der Waals surface area contributed by atoms with Gasteiger partial charge in [0.05, 0.1) is 0 Å². The summed E-state index contributed by atoms with van der Waals surface area (Å²) in [6.45, 7) is 6.28. The second-order valence-corrected chi connectivity index (χ2v) is 8.94. The Bertz CT molecular complexity index is 845. The molecule has 2 aliphatic heterocycles. The summed E-state index contributed by atoms with van der Waals surface area (Å²) < 4.78 is 0. The van der Waals surface area contributed by atoms with Gasteiger partial charge in [0.25, 0.3) is 11.8 Å². The van der Waals surface area contributed by atoms with Crippen LogP contribution in [0.3, 0.4) is 0 Å². The quantitative estimate of drug-likeness (QED) is 0.626. The molecule has 8 heteroatoms. The van der Waals surface area contributed by atoms with Crippen LogP contribution in [-0.2, 0) is 15.0 Å². The Morgan fingerprint density at radius 2 is 0.939 bits per heavy atom. The number of nitrogens with zero attached hydrogens (tertiary/aromatic N) is 4. The van der Waals surface area contributed by atoms with Crippen molar-refractivity contribution in [1.29, 1.82) is 0 Å². The molecule has 0 radical (unpaired) electrons. The van der Waals surface area contributed by atoms with E-state index in [9.17, 15) is 9.59 Å². The number of benzene rings is 2. The normalized spacial score (nSPS) is 19.2. The molecular formula is C25H34N6O2. The van der Waals surface area contributed by atoms with Crippen molar-refractivity contribution in [3.63, 3.8) is 0 Å². The predicted molar refractivity (Wildman–Crippen MR) is 128 cm³/mol. The predicted octanol–water partition coefficient (Wildman–Crippen LogP) is 0.530. The number of likely N-dealkylation sites (N-methyl/N-ethyl adjacent to an activating group) is 2. The average Bonchev–Trinajstić information content (AvgIpc) is 2.84. The van der Waals surface area contributed by atoms with E-state index in [0.717, 1.165) is 26.2 Å². The maximum atomic E-state index is 14.1. The molecule has 176 valence electrons. The van der Waals surface area contributed by atoms with Crippen molar-refractivity contribution >= 4 is 11.8 Å². The fourth-order valence-corrected chi connectivity index (χ4v) is 4.46. The summed E-state index contributed by atoms with van der Waals surface area (Å²) in [4.78, 5) is 32.6. The molecule has 0 bridgehead atoms. The number of piperazine rings is 2. The van der Waals surface area contributed by atoms with Gasteiger partial charge < -0.3 is 9.80 Å². The number of hydrogen-bond acceptors (Lipinski definition) is 6. The first-order valence-corrected chi connectivity index (χ1v) is 11.6. The molecule has 4 rings (SSSR count). The minimum Gasteiger partial charge on any atom is -0.304 e. The van der Waals surface area contributed by atoms with E-state index in [-0.39, 0.29) is 11.8 Å². The second-order valence-electron chi connectivity index (χ2n) is 8.94. The van der Waals surface area contributed by atoms with Gasteiger partial charge in [0.2, 0.25) is 0 Å². The van der Waals surface area contributed by atoms with E-state index < -0.39 is 5.41 Å². The largest absolute Gasteiger partial charge is 0.304 e. The van der Waals surface area contributed by atoms with Crippen LogP contribution in [0.5, 0.6) is 0 Å². The van der Waals surface area contributed by atoms with Crippen LogP contribution in [0.1, 0.15) is 11.1 Å². The number of hydrazine groups is 2. The summed E-state index contributed by atoms with van der Waals surface area (Å²) in [5, 5.41) is 3.85. The molecule has 0 aromatic heterocycles. The van der Waals surface area contributed by atoms with Crippen molar-refractivity contribution in [2.45, 2.75) is 5.41 Å². The zero-order valence-electron chi connectivity index (χ0n) is 19.5. The molecule has 0 unspecified atom stereocenters. The first kappa shape index (κ1) is 23.4. The summed E-state index contributed by atoms with van der Waals surface area (Å²) in [5.74, 6) is -0.674. The summed E-state index contributed by atoms with van der Waals surface area (Å²) in [6.07, 6.45) is 0. The number of carbonyl (C=O) groups is 2. The zero-order valence-corrected chi connectivity index (χ0v) is 19.5. The molecule has 0 aliphatic carbocycles. The van der Waals surface area contributed by atoms with Gasteiger partial charge in [0.15, 0.2) is 5.41 Å². The Balaban J connectivity index is 1.72. The smallest absolute Gasteiger partial charge is 0.259 e. The van der Waals surface area contributed by atoms with Gasteiger partial charge in [-0.1, -0.05) is 60.7 Å². The topological polar surface area (TPSA) is 71.2 Å². The first-order chi connectivity index (χ1) is 16.0. The first-order valence-electron chi connectivity index (χ1n) is 11.6. The molecule has 33 heavy (non-hydrogen) atoms. The number of rotatable bonds is 6. The fourth-order valence-electron chi connectivity index (χ4n) is 4.46. The van der Waals surface area contributed by atoms with Crippen LogP contribution in [0.4, 0.5) is 0 Å². The fraction of sp³-hybridized carbons (Fsp3) is 0.440. The van der Waals surface area contributed by atoms with Gasteiger partial charge in [-0.3, -0.25) is 20.4 Å². The second kappa shape index (κ2) is 10.4. The Labute approximate surface area is 196 Å². The molecule has 2 N–H and O–H groups in total. The molecule has 2 saturated heterocycles. The van der Waals surface area contributed by atoms with Gasteiger partial charge in [-0.05, 0) is 25.2 Å². The molecule has 2 aromatic rings. The van der Waals surface area contributed by atoms with Gasteiger partial charge in [0.1, 0.15) is 0 Å². The Kier molecular flexibility index (Phi) is 7.39. The van der Waals surface area contributed by atoms with E-state index in [0.29, 0.717) is 37.3 Å². The van der Waals surface area contributed by atoms with Crippen LogP contribution in [-0.4, -0.2) is 98.1 Å². The number of nitrogens with one attached hydrogen (secondary N) is 2. The van der Waals surface area contributed by atoms with E-state index in [2.05, 4.69) is 34.7 Å². The van der Waals surface area contributed by atoms with Crippen LogP contribution in [0.15, 0.2) is 60.7 Å². The third-order valence-corrected chi connectivity index (χ3v) is 6.62. The zero-order chi connectivity index (χ0) is 23.3. The average molecular weight is 451 g/mol. The lowest BCUT2D eigenvalue weighted by Crippen LogP contribution is -2.64. The Hall–Kier alpha value is -2.78. The molecule has 8 nitrogen and oxygen atoms in total. The molecule has 2 amide bonds. The maximum absolute atomic E-state index is 14.1. The van der Waals surface area contributed by atoms with Gasteiger partial charge in [-0.25, -0.2) is 10.0 Å². The van der Waals surface area contributed by atoms with Crippen LogP contribution < -0.4 is 10.9 Å². The van der Waals surface area contributed by atoms with Crippen molar-refractivity contribution in [1.82, 2.24) is 30.7 Å². The highest BCUT2D eigenvalue weighted by Crippen LogP contribution is 2.34. The molecule has 2 aliphatic rings. The van der Waals surface area contributed by atoms with Gasteiger partial charge in [-0.15, -0.1) is 0 Å². The molecule has 0 atom stereocenters. The lowest BCUT2D eigenvalue weighted by molar-refractivity contribution is -0.142. The third-order valence-electron chi connectivity index (χ3n) is 6.62. The van der Waals surface area contributed by atoms with E-state index in [1.54, 1.807) is 0 Å². The number of hydrogen-bond donors (Lipinski definition) is 2. The third kappa shape index (κ3) is 5.09. The minimum atomic E-state index is -1.52. The van der Waals surface area contributed by atoms with E-state index in [1.807, 2.05) is 70.7 Å². The standard InChI is InChI=1S/C25H34N6O2/c1-28-13-17-30(18-14-28)26-23(32)25(21-9-5-3-6-10-21,22-11-7-4-8-12-22)24(33)27-31-19-15-29(2)16-20-31/h3-12H,13-20H2,1-2H3,(H,26,32)(H,27,33). The molecule has 0 spiro atoms. The highest BCUT2D eigenvalue weighted by Gasteiger charge is 2.50. The van der Waals surface area contributed by atoms with E-state index >= 15 is 0 Å². The lowest BCUT2D eigenvalue weighted by atomic mass is 9.73. The molecule has 2 heterocycles. The maximum Gasteiger partial charge on any atom is 0.259 e. The lowest BCUT2D eigenvalue weighted by Gasteiger charge is -2.39. The number of amides is 2. The Morgan fingerprint density at radius 3 is 1.27 bits per heavy atom. The summed E-state index contributed by atoms with van der Waals surface area (Å²) in [7, 11) is 4.14. The minimum absolute atomic E-state index is 0.337.